The molecule has 1 N–H and O–H groups in total. The van der Waals surface area contributed by atoms with Gasteiger partial charge < -0.3 is 9.73 Å². The monoisotopic (exact) mass is 222 g/mol. The smallest absolute Gasteiger partial charge is 0.120 e. The van der Waals surface area contributed by atoms with Crippen molar-refractivity contribution in [1.82, 2.24) is 10.2 Å². The second kappa shape index (κ2) is 5.51. The Hall–Kier alpha value is -0.800. The highest BCUT2D eigenvalue weighted by molar-refractivity contribution is 5.04. The Morgan fingerprint density at radius 1 is 1.62 bits per heavy atom. The largest absolute Gasteiger partial charge is 0.468 e. The van der Waals surface area contributed by atoms with Crippen molar-refractivity contribution < 1.29 is 4.42 Å². The molecule has 1 aromatic heterocycles. The lowest BCUT2D eigenvalue weighted by molar-refractivity contribution is 0.135. The summed E-state index contributed by atoms with van der Waals surface area (Å²) in [4.78, 5) is 2.51. The normalized spacial score (nSPS) is 24.5. The molecule has 0 spiro atoms. The summed E-state index contributed by atoms with van der Waals surface area (Å²) < 4.78 is 5.48. The van der Waals surface area contributed by atoms with E-state index >= 15 is 0 Å². The topological polar surface area (TPSA) is 28.4 Å². The van der Waals surface area contributed by atoms with Crippen LogP contribution in [0.1, 0.15) is 38.5 Å². The second-order valence-electron chi connectivity index (χ2n) is 4.63. The Bertz CT molecular complexity index is 295. The highest BCUT2D eigenvalue weighted by Crippen LogP contribution is 2.22. The minimum atomic E-state index is 0.399. The maximum atomic E-state index is 5.48. The van der Waals surface area contributed by atoms with Crippen molar-refractivity contribution in [1.29, 1.82) is 0 Å². The predicted octanol–water partition coefficient (Wildman–Crippen LogP) is 2.41. The summed E-state index contributed by atoms with van der Waals surface area (Å²) in [5, 5.41) is 3.58. The van der Waals surface area contributed by atoms with Gasteiger partial charge in [0.15, 0.2) is 0 Å². The van der Waals surface area contributed by atoms with Gasteiger partial charge in [0.25, 0.3) is 0 Å². The maximum absolute atomic E-state index is 5.48. The van der Waals surface area contributed by atoms with Gasteiger partial charge in [-0.15, -0.1) is 0 Å². The van der Waals surface area contributed by atoms with Gasteiger partial charge in [0, 0.05) is 25.7 Å². The van der Waals surface area contributed by atoms with Crippen LogP contribution in [0, 0.1) is 0 Å². The van der Waals surface area contributed by atoms with Crippen molar-refractivity contribution in [3.63, 3.8) is 0 Å². The first-order valence-corrected chi connectivity index (χ1v) is 6.32. The zero-order valence-electron chi connectivity index (χ0n) is 10.3. The molecule has 2 heterocycles. The molecule has 0 aliphatic carbocycles. The van der Waals surface area contributed by atoms with E-state index in [2.05, 4.69) is 30.1 Å². The van der Waals surface area contributed by atoms with E-state index < -0.39 is 0 Å². The van der Waals surface area contributed by atoms with E-state index in [1.165, 1.54) is 12.8 Å². The molecule has 16 heavy (non-hydrogen) atoms. The van der Waals surface area contributed by atoms with Crippen LogP contribution in [0.2, 0.25) is 0 Å². The van der Waals surface area contributed by atoms with Crippen LogP contribution >= 0.6 is 0 Å². The van der Waals surface area contributed by atoms with E-state index in [1.54, 1.807) is 6.26 Å². The molecular formula is C13H22N2O. The molecule has 1 fully saturated rings. The van der Waals surface area contributed by atoms with Gasteiger partial charge in [-0.1, -0.05) is 13.3 Å². The van der Waals surface area contributed by atoms with E-state index in [9.17, 15) is 0 Å². The molecule has 2 atom stereocenters. The summed E-state index contributed by atoms with van der Waals surface area (Å²) in [6, 6.07) is 5.09. The van der Waals surface area contributed by atoms with E-state index in [-0.39, 0.29) is 0 Å². The molecule has 3 heteroatoms. The van der Waals surface area contributed by atoms with Crippen LogP contribution in [0.15, 0.2) is 22.8 Å². The van der Waals surface area contributed by atoms with E-state index in [0.29, 0.717) is 12.1 Å². The zero-order chi connectivity index (χ0) is 11.4. The fourth-order valence-corrected chi connectivity index (χ4v) is 2.45. The summed E-state index contributed by atoms with van der Waals surface area (Å²) >= 11 is 0. The number of nitrogens with zero attached hydrogens (tertiary/aromatic N) is 1. The minimum Gasteiger partial charge on any atom is -0.468 e. The average molecular weight is 222 g/mol. The van der Waals surface area contributed by atoms with Crippen molar-refractivity contribution >= 4 is 0 Å². The molecular weight excluding hydrogens is 200 g/mol. The lowest BCUT2D eigenvalue weighted by Gasteiger charge is -2.36. The summed E-state index contributed by atoms with van der Waals surface area (Å²) in [6.07, 6.45) is 4.28. The van der Waals surface area contributed by atoms with E-state index in [0.717, 1.165) is 25.4 Å². The molecule has 0 radical (unpaired) electrons. The molecule has 1 aliphatic heterocycles. The van der Waals surface area contributed by atoms with Gasteiger partial charge in [-0.3, -0.25) is 4.90 Å². The standard InChI is InChI=1S/C13H22N2O/c1-3-5-12-10-15(8-7-14-12)11(2)13-6-4-9-16-13/h4,6,9,11-12,14H,3,5,7-8,10H2,1-2H3. The van der Waals surface area contributed by atoms with Crippen LogP contribution in [-0.4, -0.2) is 30.6 Å². The molecule has 1 aromatic rings. The summed E-state index contributed by atoms with van der Waals surface area (Å²) in [5.41, 5.74) is 0. The first-order chi connectivity index (χ1) is 7.81. The average Bonchev–Trinajstić information content (AvgIpc) is 2.82. The molecule has 1 saturated heterocycles. The predicted molar refractivity (Wildman–Crippen MR) is 65.4 cm³/mol. The summed E-state index contributed by atoms with van der Waals surface area (Å²) in [7, 11) is 0. The number of hydrogen-bond acceptors (Lipinski definition) is 3. The second-order valence-corrected chi connectivity index (χ2v) is 4.63. The van der Waals surface area contributed by atoms with Crippen molar-refractivity contribution in [3.05, 3.63) is 24.2 Å². The van der Waals surface area contributed by atoms with Crippen LogP contribution in [-0.2, 0) is 0 Å². The van der Waals surface area contributed by atoms with E-state index in [1.807, 2.05) is 6.07 Å². The third kappa shape index (κ3) is 2.66. The van der Waals surface area contributed by atoms with Crippen LogP contribution in [0.3, 0.4) is 0 Å². The lowest BCUT2D eigenvalue weighted by atomic mass is 10.1. The van der Waals surface area contributed by atoms with Gasteiger partial charge in [0.05, 0.1) is 12.3 Å². The van der Waals surface area contributed by atoms with Crippen LogP contribution in [0.4, 0.5) is 0 Å². The quantitative estimate of drug-likeness (QED) is 0.848. The molecule has 0 saturated carbocycles. The molecule has 2 rings (SSSR count). The Balaban J connectivity index is 1.93. The maximum Gasteiger partial charge on any atom is 0.120 e. The third-order valence-electron chi connectivity index (χ3n) is 3.43. The molecule has 3 nitrogen and oxygen atoms in total. The Morgan fingerprint density at radius 3 is 3.19 bits per heavy atom. The number of rotatable bonds is 4. The van der Waals surface area contributed by atoms with Crippen molar-refractivity contribution in [2.24, 2.45) is 0 Å². The van der Waals surface area contributed by atoms with Gasteiger partial charge in [-0.25, -0.2) is 0 Å². The van der Waals surface area contributed by atoms with Crippen LogP contribution < -0.4 is 5.32 Å². The number of nitrogens with one attached hydrogen (secondary N) is 1. The van der Waals surface area contributed by atoms with Crippen LogP contribution in [0.25, 0.3) is 0 Å². The fourth-order valence-electron chi connectivity index (χ4n) is 2.45. The number of furan rings is 1. The molecule has 1 aliphatic rings. The van der Waals surface area contributed by atoms with Gasteiger partial charge >= 0.3 is 0 Å². The van der Waals surface area contributed by atoms with Crippen LogP contribution in [0.5, 0.6) is 0 Å². The van der Waals surface area contributed by atoms with E-state index in [4.69, 9.17) is 4.42 Å². The SMILES string of the molecule is CCCC1CN(C(C)c2ccco2)CCN1. The minimum absolute atomic E-state index is 0.399. The summed E-state index contributed by atoms with van der Waals surface area (Å²) in [5.74, 6) is 1.08. The lowest BCUT2D eigenvalue weighted by Crippen LogP contribution is -2.51. The number of piperazine rings is 1. The molecule has 0 bridgehead atoms. The van der Waals surface area contributed by atoms with Gasteiger partial charge in [0.2, 0.25) is 0 Å². The van der Waals surface area contributed by atoms with Crippen molar-refractivity contribution in [3.8, 4) is 0 Å². The fraction of sp³-hybridized carbons (Fsp3) is 0.692. The van der Waals surface area contributed by atoms with Crippen molar-refractivity contribution in [2.45, 2.75) is 38.8 Å². The Labute approximate surface area is 97.8 Å². The van der Waals surface area contributed by atoms with Gasteiger partial charge in [0.1, 0.15) is 5.76 Å². The molecule has 2 unspecified atom stereocenters. The highest BCUT2D eigenvalue weighted by Gasteiger charge is 2.24. The van der Waals surface area contributed by atoms with Gasteiger partial charge in [-0.2, -0.15) is 0 Å². The Morgan fingerprint density at radius 2 is 2.50 bits per heavy atom. The zero-order valence-corrected chi connectivity index (χ0v) is 10.3. The molecule has 0 aromatic carbocycles. The first-order valence-electron chi connectivity index (χ1n) is 6.32. The van der Waals surface area contributed by atoms with Crippen molar-refractivity contribution in [2.75, 3.05) is 19.6 Å². The highest BCUT2D eigenvalue weighted by atomic mass is 16.3. The Kier molecular flexibility index (Phi) is 4.02. The third-order valence-corrected chi connectivity index (χ3v) is 3.43. The molecule has 90 valence electrons. The number of hydrogen-bond donors (Lipinski definition) is 1. The van der Waals surface area contributed by atoms with Gasteiger partial charge in [-0.05, 0) is 25.5 Å². The molecule has 0 amide bonds. The summed E-state index contributed by atoms with van der Waals surface area (Å²) in [6.45, 7) is 7.82. The first kappa shape index (κ1) is 11.7.